The largest absolute Gasteiger partial charge is 0.493 e. The lowest BCUT2D eigenvalue weighted by atomic mass is 10.0. The van der Waals surface area contributed by atoms with Gasteiger partial charge in [0.2, 0.25) is 5.91 Å². The number of benzene rings is 3. The number of nitrogens with one attached hydrogen (secondary N) is 2. The standard InChI is InChI=1S/C25H23N3O2/c29-24(16-18-10-11-19-12-13-30-23(19)15-18)26-22(14-17-6-2-1-3-7-17)25-27-20-8-4-5-9-21(20)28-25/h1-11,15,22H,12-14,16H2,(H,26,29)(H,27,28). The Hall–Kier alpha value is -3.60. The molecule has 5 heteroatoms. The first-order valence-corrected chi connectivity index (χ1v) is 10.3. The smallest absolute Gasteiger partial charge is 0.225 e. The predicted molar refractivity (Wildman–Crippen MR) is 116 cm³/mol. The number of aromatic amines is 1. The minimum absolute atomic E-state index is 0.0330. The summed E-state index contributed by atoms with van der Waals surface area (Å²) in [5.41, 5.74) is 5.18. The molecule has 0 saturated heterocycles. The topological polar surface area (TPSA) is 67.0 Å². The molecule has 30 heavy (non-hydrogen) atoms. The van der Waals surface area contributed by atoms with E-state index in [-0.39, 0.29) is 11.9 Å². The minimum atomic E-state index is -0.238. The Balaban J connectivity index is 1.37. The number of imidazole rings is 1. The molecule has 1 aromatic heterocycles. The van der Waals surface area contributed by atoms with Gasteiger partial charge in [-0.1, -0.05) is 54.6 Å². The van der Waals surface area contributed by atoms with Gasteiger partial charge in [0.15, 0.2) is 0 Å². The van der Waals surface area contributed by atoms with Crippen molar-refractivity contribution in [2.24, 2.45) is 0 Å². The van der Waals surface area contributed by atoms with Gasteiger partial charge in [-0.05, 0) is 41.3 Å². The van der Waals surface area contributed by atoms with Crippen molar-refractivity contribution < 1.29 is 9.53 Å². The zero-order chi connectivity index (χ0) is 20.3. The van der Waals surface area contributed by atoms with Crippen LogP contribution in [0.15, 0.2) is 72.8 Å². The summed E-state index contributed by atoms with van der Waals surface area (Å²) in [6, 6.07) is 23.9. The van der Waals surface area contributed by atoms with E-state index in [1.54, 1.807) is 0 Å². The molecule has 0 spiro atoms. The molecule has 1 atom stereocenters. The Morgan fingerprint density at radius 3 is 2.73 bits per heavy atom. The monoisotopic (exact) mass is 397 g/mol. The fourth-order valence-electron chi connectivity index (χ4n) is 3.95. The molecule has 1 amide bonds. The van der Waals surface area contributed by atoms with E-state index in [0.717, 1.165) is 46.8 Å². The van der Waals surface area contributed by atoms with Crippen LogP contribution in [-0.2, 0) is 24.1 Å². The lowest BCUT2D eigenvalue weighted by Gasteiger charge is -2.17. The van der Waals surface area contributed by atoms with Gasteiger partial charge in [-0.2, -0.15) is 0 Å². The average molecular weight is 397 g/mol. The summed E-state index contributed by atoms with van der Waals surface area (Å²) in [6.45, 7) is 0.718. The molecule has 5 rings (SSSR count). The van der Waals surface area contributed by atoms with Crippen molar-refractivity contribution in [1.29, 1.82) is 0 Å². The van der Waals surface area contributed by atoms with Gasteiger partial charge < -0.3 is 15.0 Å². The Kier molecular flexibility index (Phi) is 4.93. The normalized spacial score (nSPS) is 13.6. The van der Waals surface area contributed by atoms with Crippen LogP contribution in [0.5, 0.6) is 5.75 Å². The molecule has 1 aliphatic heterocycles. The predicted octanol–water partition coefficient (Wildman–Crippen LogP) is 4.14. The average Bonchev–Trinajstić information content (AvgIpc) is 3.40. The van der Waals surface area contributed by atoms with Crippen molar-refractivity contribution in [3.8, 4) is 5.75 Å². The number of aromatic nitrogens is 2. The summed E-state index contributed by atoms with van der Waals surface area (Å²) >= 11 is 0. The lowest BCUT2D eigenvalue weighted by molar-refractivity contribution is -0.121. The number of nitrogens with zero attached hydrogens (tertiary/aromatic N) is 1. The first-order chi connectivity index (χ1) is 14.7. The zero-order valence-electron chi connectivity index (χ0n) is 16.6. The highest BCUT2D eigenvalue weighted by Gasteiger charge is 2.20. The second-order valence-corrected chi connectivity index (χ2v) is 7.67. The molecule has 0 saturated carbocycles. The van der Waals surface area contributed by atoms with E-state index in [1.807, 2.05) is 54.6 Å². The highest BCUT2D eigenvalue weighted by molar-refractivity contribution is 5.80. The van der Waals surface area contributed by atoms with Crippen LogP contribution in [0.2, 0.25) is 0 Å². The van der Waals surface area contributed by atoms with E-state index in [2.05, 4.69) is 28.5 Å². The van der Waals surface area contributed by atoms with Crippen LogP contribution in [0.3, 0.4) is 0 Å². The molecular formula is C25H23N3O2. The highest BCUT2D eigenvalue weighted by Crippen LogP contribution is 2.26. The lowest BCUT2D eigenvalue weighted by Crippen LogP contribution is -2.32. The maximum absolute atomic E-state index is 12.9. The Bertz CT molecular complexity index is 1150. The van der Waals surface area contributed by atoms with E-state index in [9.17, 15) is 4.79 Å². The maximum Gasteiger partial charge on any atom is 0.225 e. The van der Waals surface area contributed by atoms with Crippen LogP contribution in [0.1, 0.15) is 28.6 Å². The second-order valence-electron chi connectivity index (χ2n) is 7.67. The van der Waals surface area contributed by atoms with E-state index in [4.69, 9.17) is 9.72 Å². The van der Waals surface area contributed by atoms with Crippen LogP contribution in [-0.4, -0.2) is 22.5 Å². The van der Waals surface area contributed by atoms with Gasteiger partial charge in [0, 0.05) is 6.42 Å². The van der Waals surface area contributed by atoms with Crippen molar-refractivity contribution in [2.45, 2.75) is 25.3 Å². The van der Waals surface area contributed by atoms with Crippen molar-refractivity contribution in [3.63, 3.8) is 0 Å². The molecule has 1 aliphatic rings. The van der Waals surface area contributed by atoms with Crippen molar-refractivity contribution in [3.05, 3.63) is 95.3 Å². The van der Waals surface area contributed by atoms with Gasteiger partial charge in [-0.15, -0.1) is 0 Å². The van der Waals surface area contributed by atoms with Crippen LogP contribution in [0.25, 0.3) is 11.0 Å². The van der Waals surface area contributed by atoms with Crippen molar-refractivity contribution in [1.82, 2.24) is 15.3 Å². The fourth-order valence-corrected chi connectivity index (χ4v) is 3.95. The minimum Gasteiger partial charge on any atom is -0.493 e. The first kappa shape index (κ1) is 18.4. The molecule has 3 aromatic carbocycles. The maximum atomic E-state index is 12.9. The number of hydrogen-bond donors (Lipinski definition) is 2. The van der Waals surface area contributed by atoms with E-state index in [1.165, 1.54) is 5.56 Å². The third-order valence-corrected chi connectivity index (χ3v) is 5.48. The van der Waals surface area contributed by atoms with Crippen LogP contribution >= 0.6 is 0 Å². The number of amides is 1. The fraction of sp³-hybridized carbons (Fsp3) is 0.200. The van der Waals surface area contributed by atoms with Crippen molar-refractivity contribution in [2.75, 3.05) is 6.61 Å². The molecule has 0 bridgehead atoms. The van der Waals surface area contributed by atoms with E-state index >= 15 is 0 Å². The number of H-pyrrole nitrogens is 1. The number of carbonyl (C=O) groups excluding carboxylic acids is 1. The van der Waals surface area contributed by atoms with Gasteiger partial charge in [0.25, 0.3) is 0 Å². The molecule has 0 fully saturated rings. The number of fused-ring (bicyclic) bond motifs is 2. The second kappa shape index (κ2) is 8.03. The first-order valence-electron chi connectivity index (χ1n) is 10.3. The Labute approximate surface area is 175 Å². The zero-order valence-corrected chi connectivity index (χ0v) is 16.6. The molecule has 0 radical (unpaired) electrons. The summed E-state index contributed by atoms with van der Waals surface area (Å²) in [6.07, 6.45) is 1.91. The Morgan fingerprint density at radius 1 is 1.03 bits per heavy atom. The molecule has 2 heterocycles. The highest BCUT2D eigenvalue weighted by atomic mass is 16.5. The van der Waals surface area contributed by atoms with Gasteiger partial charge in [0.1, 0.15) is 11.6 Å². The molecule has 4 aromatic rings. The van der Waals surface area contributed by atoms with Gasteiger partial charge >= 0.3 is 0 Å². The third kappa shape index (κ3) is 3.92. The number of ether oxygens (including phenoxy) is 1. The summed E-state index contributed by atoms with van der Waals surface area (Å²) in [7, 11) is 0. The number of para-hydroxylation sites is 2. The summed E-state index contributed by atoms with van der Waals surface area (Å²) < 4.78 is 5.64. The summed E-state index contributed by atoms with van der Waals surface area (Å²) in [4.78, 5) is 21.0. The molecular weight excluding hydrogens is 374 g/mol. The summed E-state index contributed by atoms with van der Waals surface area (Å²) in [5, 5.41) is 3.19. The Morgan fingerprint density at radius 2 is 1.87 bits per heavy atom. The number of rotatable bonds is 6. The van der Waals surface area contributed by atoms with Crippen LogP contribution in [0.4, 0.5) is 0 Å². The van der Waals surface area contributed by atoms with E-state index in [0.29, 0.717) is 12.8 Å². The SMILES string of the molecule is O=C(Cc1ccc2c(c1)OCC2)NC(Cc1ccccc1)c1nc2ccccc2[nH]1. The quantitative estimate of drug-likeness (QED) is 0.514. The number of hydrogen-bond acceptors (Lipinski definition) is 3. The van der Waals surface area contributed by atoms with Gasteiger partial charge in [0.05, 0.1) is 30.1 Å². The third-order valence-electron chi connectivity index (χ3n) is 5.48. The van der Waals surface area contributed by atoms with Crippen molar-refractivity contribution >= 4 is 16.9 Å². The number of carbonyl (C=O) groups is 1. The van der Waals surface area contributed by atoms with Crippen LogP contribution < -0.4 is 10.1 Å². The molecule has 2 N–H and O–H groups in total. The molecule has 150 valence electrons. The van der Waals surface area contributed by atoms with Gasteiger partial charge in [-0.3, -0.25) is 4.79 Å². The molecule has 5 nitrogen and oxygen atoms in total. The van der Waals surface area contributed by atoms with Gasteiger partial charge in [-0.25, -0.2) is 4.98 Å². The van der Waals surface area contributed by atoms with E-state index < -0.39 is 0 Å². The summed E-state index contributed by atoms with van der Waals surface area (Å²) in [5.74, 6) is 1.64. The van der Waals surface area contributed by atoms with Crippen LogP contribution in [0, 0.1) is 0 Å². The molecule has 0 aliphatic carbocycles. The molecule has 1 unspecified atom stereocenters.